The summed E-state index contributed by atoms with van der Waals surface area (Å²) >= 11 is 0. The van der Waals surface area contributed by atoms with Crippen molar-refractivity contribution in [1.29, 1.82) is 0 Å². The lowest BCUT2D eigenvalue weighted by molar-refractivity contribution is -0.384. The minimum Gasteiger partial charge on any atom is -0.493 e. The van der Waals surface area contributed by atoms with Gasteiger partial charge in [0.2, 0.25) is 11.8 Å². The Kier molecular flexibility index (Phi) is 6.02. The van der Waals surface area contributed by atoms with Crippen molar-refractivity contribution >= 4 is 17.5 Å². The van der Waals surface area contributed by atoms with Gasteiger partial charge in [-0.2, -0.15) is 9.67 Å². The first-order valence-corrected chi connectivity index (χ1v) is 9.75. The van der Waals surface area contributed by atoms with Gasteiger partial charge in [0.15, 0.2) is 17.3 Å². The lowest BCUT2D eigenvalue weighted by Crippen LogP contribution is -2.17. The summed E-state index contributed by atoms with van der Waals surface area (Å²) in [6.07, 6.45) is 1.47. The highest BCUT2D eigenvalue weighted by molar-refractivity contribution is 5.97. The van der Waals surface area contributed by atoms with E-state index in [1.807, 2.05) is 0 Å². The van der Waals surface area contributed by atoms with Gasteiger partial charge in [0.25, 0.3) is 11.6 Å². The highest BCUT2D eigenvalue weighted by Crippen LogP contribution is 2.28. The highest BCUT2D eigenvalue weighted by Gasteiger charge is 2.21. The van der Waals surface area contributed by atoms with Crippen LogP contribution in [0.1, 0.15) is 15.9 Å². The van der Waals surface area contributed by atoms with Crippen LogP contribution in [0.4, 0.5) is 11.6 Å². The monoisotopic (exact) mass is 449 g/mol. The molecule has 168 valence electrons. The number of aromatic nitrogens is 3. The van der Waals surface area contributed by atoms with E-state index in [1.54, 1.807) is 42.5 Å². The number of non-ortho nitro benzene ring substituents is 1. The number of anilines is 1. The van der Waals surface area contributed by atoms with Crippen LogP contribution >= 0.6 is 0 Å². The van der Waals surface area contributed by atoms with E-state index in [-0.39, 0.29) is 24.0 Å². The minimum absolute atomic E-state index is 0.0338. The molecule has 0 fully saturated rings. The van der Waals surface area contributed by atoms with E-state index in [2.05, 4.69) is 15.4 Å². The molecule has 2 heterocycles. The topological polar surface area (TPSA) is 135 Å². The molecule has 1 N–H and O–H groups in total. The Hall–Kier alpha value is -4.67. The van der Waals surface area contributed by atoms with E-state index < -0.39 is 10.8 Å². The Labute approximate surface area is 187 Å². The number of nitro groups is 1. The Balaban J connectivity index is 1.67. The number of ether oxygens (including phenoxy) is 2. The van der Waals surface area contributed by atoms with Crippen molar-refractivity contribution in [2.24, 2.45) is 0 Å². The van der Waals surface area contributed by atoms with Crippen LogP contribution in [-0.4, -0.2) is 39.8 Å². The first-order chi connectivity index (χ1) is 16.0. The first kappa shape index (κ1) is 21.6. The molecule has 0 radical (unpaired) electrons. The van der Waals surface area contributed by atoms with Gasteiger partial charge in [-0.3, -0.25) is 14.9 Å². The summed E-state index contributed by atoms with van der Waals surface area (Å²) in [5, 5.41) is 18.4. The van der Waals surface area contributed by atoms with Crippen LogP contribution in [0.25, 0.3) is 11.6 Å². The van der Waals surface area contributed by atoms with E-state index in [9.17, 15) is 14.9 Å². The van der Waals surface area contributed by atoms with Crippen molar-refractivity contribution < 1.29 is 23.6 Å². The standard InChI is InChI=1S/C22H19N5O6/c1-31-17-9-8-15(12-19(17)32-2)21(28)26-22(24-20(25-26)18-7-4-10-33-18)23-13-14-5-3-6-16(11-14)27(29)30/h3-12H,13H2,1-2H3,(H,23,24,25). The molecule has 4 rings (SSSR count). The molecule has 0 amide bonds. The molecule has 0 aliphatic carbocycles. The number of nitro benzene ring substituents is 1. The normalized spacial score (nSPS) is 10.6. The molecule has 0 unspecified atom stereocenters. The van der Waals surface area contributed by atoms with Gasteiger partial charge in [0.1, 0.15) is 0 Å². The maximum atomic E-state index is 13.3. The summed E-state index contributed by atoms with van der Waals surface area (Å²) in [7, 11) is 2.98. The third-order valence-corrected chi connectivity index (χ3v) is 4.74. The van der Waals surface area contributed by atoms with Crippen LogP contribution in [0, 0.1) is 10.1 Å². The molecular formula is C22H19N5O6. The average molecular weight is 449 g/mol. The van der Waals surface area contributed by atoms with Crippen LogP contribution in [0.2, 0.25) is 0 Å². The summed E-state index contributed by atoms with van der Waals surface area (Å²) in [5.74, 6) is 1.13. The molecule has 2 aromatic carbocycles. The lowest BCUT2D eigenvalue weighted by Gasteiger charge is -2.10. The summed E-state index contributed by atoms with van der Waals surface area (Å²) in [6.45, 7) is 0.178. The Morgan fingerprint density at radius 1 is 1.12 bits per heavy atom. The van der Waals surface area contributed by atoms with E-state index in [1.165, 1.54) is 32.6 Å². The van der Waals surface area contributed by atoms with Crippen molar-refractivity contribution in [3.05, 3.63) is 82.1 Å². The van der Waals surface area contributed by atoms with Crippen molar-refractivity contribution in [2.75, 3.05) is 19.5 Å². The number of rotatable bonds is 8. The van der Waals surface area contributed by atoms with Crippen LogP contribution in [0.5, 0.6) is 11.5 Å². The molecule has 4 aromatic rings. The molecule has 0 aliphatic rings. The summed E-state index contributed by atoms with van der Waals surface area (Å²) in [4.78, 5) is 28.2. The predicted molar refractivity (Wildman–Crippen MR) is 117 cm³/mol. The molecule has 0 saturated heterocycles. The van der Waals surface area contributed by atoms with Gasteiger partial charge in [-0.25, -0.2) is 0 Å². The van der Waals surface area contributed by atoms with E-state index in [0.717, 1.165) is 4.68 Å². The van der Waals surface area contributed by atoms with Gasteiger partial charge in [-0.15, -0.1) is 5.10 Å². The molecule has 11 nitrogen and oxygen atoms in total. The zero-order chi connectivity index (χ0) is 23.4. The number of hydrogen-bond donors (Lipinski definition) is 1. The van der Waals surface area contributed by atoms with E-state index in [4.69, 9.17) is 13.9 Å². The molecule has 11 heteroatoms. The van der Waals surface area contributed by atoms with Crippen LogP contribution in [-0.2, 0) is 6.54 Å². The Morgan fingerprint density at radius 2 is 1.94 bits per heavy atom. The molecule has 33 heavy (non-hydrogen) atoms. The fourth-order valence-electron chi connectivity index (χ4n) is 3.13. The number of nitrogens with zero attached hydrogens (tertiary/aromatic N) is 4. The van der Waals surface area contributed by atoms with Crippen LogP contribution in [0.15, 0.2) is 65.3 Å². The van der Waals surface area contributed by atoms with Crippen molar-refractivity contribution in [3.63, 3.8) is 0 Å². The second kappa shape index (κ2) is 9.22. The average Bonchev–Trinajstić information content (AvgIpc) is 3.52. The Bertz CT molecular complexity index is 1300. The first-order valence-electron chi connectivity index (χ1n) is 9.75. The third-order valence-electron chi connectivity index (χ3n) is 4.74. The smallest absolute Gasteiger partial charge is 0.281 e. The van der Waals surface area contributed by atoms with Crippen molar-refractivity contribution in [1.82, 2.24) is 14.8 Å². The van der Waals surface area contributed by atoms with Gasteiger partial charge in [-0.05, 0) is 35.9 Å². The SMILES string of the molecule is COc1ccc(C(=O)n2nc(-c3ccco3)nc2NCc2cccc([N+](=O)[O-])c2)cc1OC. The zero-order valence-electron chi connectivity index (χ0n) is 17.7. The number of carbonyl (C=O) groups excluding carboxylic acids is 1. The fourth-order valence-corrected chi connectivity index (χ4v) is 3.13. The summed E-state index contributed by atoms with van der Waals surface area (Å²) < 4.78 is 17.0. The number of methoxy groups -OCH3 is 2. The van der Waals surface area contributed by atoms with E-state index in [0.29, 0.717) is 28.4 Å². The van der Waals surface area contributed by atoms with Crippen molar-refractivity contribution in [2.45, 2.75) is 6.54 Å². The number of nitrogens with one attached hydrogen (secondary N) is 1. The molecular weight excluding hydrogens is 430 g/mol. The minimum atomic E-state index is -0.471. The second-order valence-corrected chi connectivity index (χ2v) is 6.80. The van der Waals surface area contributed by atoms with Crippen LogP contribution < -0.4 is 14.8 Å². The van der Waals surface area contributed by atoms with Gasteiger partial charge < -0.3 is 19.2 Å². The number of hydrogen-bond acceptors (Lipinski definition) is 9. The van der Waals surface area contributed by atoms with E-state index >= 15 is 0 Å². The van der Waals surface area contributed by atoms with Gasteiger partial charge >= 0.3 is 0 Å². The molecule has 2 aromatic heterocycles. The maximum Gasteiger partial charge on any atom is 0.281 e. The molecule has 0 bridgehead atoms. The molecule has 0 saturated carbocycles. The molecule has 0 atom stereocenters. The van der Waals surface area contributed by atoms with Gasteiger partial charge in [0, 0.05) is 24.2 Å². The predicted octanol–water partition coefficient (Wildman–Crippen LogP) is 3.76. The third kappa shape index (κ3) is 4.51. The van der Waals surface area contributed by atoms with Gasteiger partial charge in [-0.1, -0.05) is 12.1 Å². The Morgan fingerprint density at radius 3 is 2.64 bits per heavy atom. The van der Waals surface area contributed by atoms with Gasteiger partial charge in [0.05, 0.1) is 25.4 Å². The second-order valence-electron chi connectivity index (χ2n) is 6.80. The van der Waals surface area contributed by atoms with Crippen LogP contribution in [0.3, 0.4) is 0 Å². The molecule has 0 aliphatic heterocycles. The summed E-state index contributed by atoms with van der Waals surface area (Å²) in [6, 6.07) is 14.3. The highest BCUT2D eigenvalue weighted by atomic mass is 16.6. The number of furan rings is 1. The summed E-state index contributed by atoms with van der Waals surface area (Å²) in [5.41, 5.74) is 0.896. The largest absolute Gasteiger partial charge is 0.493 e. The molecule has 0 spiro atoms. The fraction of sp³-hybridized carbons (Fsp3) is 0.136. The zero-order valence-corrected chi connectivity index (χ0v) is 17.7. The van der Waals surface area contributed by atoms with Crippen molar-refractivity contribution in [3.8, 4) is 23.1 Å². The lowest BCUT2D eigenvalue weighted by atomic mass is 10.2. The number of benzene rings is 2. The quantitative estimate of drug-likeness (QED) is 0.315. The number of carbonyl (C=O) groups is 1. The maximum absolute atomic E-state index is 13.3.